The number of nitro groups is 1. The summed E-state index contributed by atoms with van der Waals surface area (Å²) in [6.07, 6.45) is 0.115. The molecule has 0 atom stereocenters. The van der Waals surface area contributed by atoms with Crippen molar-refractivity contribution >= 4 is 50.1 Å². The number of carbonyl (C=O) groups is 2. The van der Waals surface area contributed by atoms with Gasteiger partial charge in [0.2, 0.25) is 5.91 Å². The van der Waals surface area contributed by atoms with Crippen molar-refractivity contribution in [3.8, 4) is 0 Å². The van der Waals surface area contributed by atoms with Gasteiger partial charge in [-0.15, -0.1) is 11.3 Å². The Morgan fingerprint density at radius 1 is 1.03 bits per heavy atom. The lowest BCUT2D eigenvalue weighted by molar-refractivity contribution is -0.385. The number of amides is 1. The number of hydrogen-bond acceptors (Lipinski definition) is 7. The minimum absolute atomic E-state index is 0.0251. The van der Waals surface area contributed by atoms with Crippen LogP contribution in [0, 0.1) is 17.0 Å². The minimum atomic E-state index is -4.04. The predicted octanol–water partition coefficient (Wildman–Crippen LogP) is 4.37. The lowest BCUT2D eigenvalue weighted by Crippen LogP contribution is -2.14. The predicted molar refractivity (Wildman–Crippen MR) is 122 cm³/mol. The molecule has 32 heavy (non-hydrogen) atoms. The van der Waals surface area contributed by atoms with Gasteiger partial charge < -0.3 is 5.32 Å². The second kappa shape index (κ2) is 9.71. The molecule has 3 aromatic rings. The number of nitro benzene ring substituents is 1. The normalized spacial score (nSPS) is 11.0. The zero-order valence-corrected chi connectivity index (χ0v) is 18.5. The summed E-state index contributed by atoms with van der Waals surface area (Å²) < 4.78 is 27.5. The molecule has 0 saturated carbocycles. The second-order valence-electron chi connectivity index (χ2n) is 6.84. The zero-order chi connectivity index (χ0) is 23.3. The molecule has 1 aromatic heterocycles. The molecule has 0 unspecified atom stereocenters. The molecule has 0 saturated heterocycles. The van der Waals surface area contributed by atoms with Crippen LogP contribution < -0.4 is 10.0 Å². The van der Waals surface area contributed by atoms with E-state index in [-0.39, 0.29) is 40.8 Å². The molecular formula is C21H19N3O6S2. The molecule has 9 nitrogen and oxygen atoms in total. The van der Waals surface area contributed by atoms with Crippen LogP contribution in [0.25, 0.3) is 0 Å². The van der Waals surface area contributed by atoms with Gasteiger partial charge in [0.05, 0.1) is 14.7 Å². The maximum absolute atomic E-state index is 12.6. The van der Waals surface area contributed by atoms with Crippen molar-refractivity contribution < 1.29 is 22.9 Å². The first-order valence-corrected chi connectivity index (χ1v) is 11.8. The number of aryl methyl sites for hydroxylation is 1. The van der Waals surface area contributed by atoms with E-state index < -0.39 is 14.9 Å². The van der Waals surface area contributed by atoms with Gasteiger partial charge in [0.15, 0.2) is 5.78 Å². The molecule has 0 aliphatic carbocycles. The summed E-state index contributed by atoms with van der Waals surface area (Å²) >= 11 is 1.32. The van der Waals surface area contributed by atoms with Crippen LogP contribution in [-0.2, 0) is 14.8 Å². The minimum Gasteiger partial charge on any atom is -0.326 e. The first-order chi connectivity index (χ1) is 15.2. The second-order valence-corrected chi connectivity index (χ2v) is 9.47. The molecule has 2 N–H and O–H groups in total. The van der Waals surface area contributed by atoms with Crippen LogP contribution >= 0.6 is 11.3 Å². The van der Waals surface area contributed by atoms with Gasteiger partial charge in [0.25, 0.3) is 15.7 Å². The highest BCUT2D eigenvalue weighted by molar-refractivity contribution is 7.92. The lowest BCUT2D eigenvalue weighted by atomic mass is 10.2. The van der Waals surface area contributed by atoms with Crippen molar-refractivity contribution in [2.24, 2.45) is 0 Å². The average molecular weight is 474 g/mol. The van der Waals surface area contributed by atoms with Gasteiger partial charge >= 0.3 is 0 Å². The van der Waals surface area contributed by atoms with Crippen molar-refractivity contribution in [3.05, 3.63) is 80.5 Å². The molecule has 3 rings (SSSR count). The Balaban J connectivity index is 1.60. The Morgan fingerprint density at radius 3 is 2.34 bits per heavy atom. The van der Waals surface area contributed by atoms with Crippen molar-refractivity contribution in [1.29, 1.82) is 0 Å². The monoisotopic (exact) mass is 473 g/mol. The largest absolute Gasteiger partial charge is 0.326 e. The van der Waals surface area contributed by atoms with E-state index in [2.05, 4.69) is 10.0 Å². The van der Waals surface area contributed by atoms with Gasteiger partial charge in [-0.3, -0.25) is 24.4 Å². The Kier molecular flexibility index (Phi) is 7.01. The van der Waals surface area contributed by atoms with Crippen LogP contribution in [-0.4, -0.2) is 25.0 Å². The summed E-state index contributed by atoms with van der Waals surface area (Å²) in [7, 11) is -4.04. The highest BCUT2D eigenvalue weighted by Crippen LogP contribution is 2.24. The van der Waals surface area contributed by atoms with Crippen molar-refractivity contribution in [2.75, 3.05) is 10.0 Å². The highest BCUT2D eigenvalue weighted by Gasteiger charge is 2.20. The number of ketones is 1. The summed E-state index contributed by atoms with van der Waals surface area (Å²) in [6, 6.07) is 13.1. The van der Waals surface area contributed by atoms with E-state index in [0.29, 0.717) is 16.1 Å². The Labute approximate surface area is 188 Å². The van der Waals surface area contributed by atoms with Gasteiger partial charge in [-0.25, -0.2) is 8.42 Å². The quantitative estimate of drug-likeness (QED) is 0.269. The SMILES string of the molecule is Cc1ccc(S(=O)(=O)Nc2ccc(NC(=O)CCC(=O)c3cccs3)cc2)cc1[N+](=O)[O-]. The van der Waals surface area contributed by atoms with Gasteiger partial charge in [-0.2, -0.15) is 0 Å². The number of hydrogen-bond donors (Lipinski definition) is 2. The fourth-order valence-electron chi connectivity index (χ4n) is 2.80. The standard InChI is InChI=1S/C21H19N3O6S2/c1-14-4-9-17(13-18(14)24(27)28)32(29,30)23-16-7-5-15(6-8-16)22-21(26)11-10-19(25)20-3-2-12-31-20/h2-9,12-13,23H,10-11H2,1H3,(H,22,26). The van der Waals surface area contributed by atoms with Gasteiger partial charge in [0, 0.05) is 35.8 Å². The third-order valence-electron chi connectivity index (χ3n) is 4.48. The summed E-state index contributed by atoms with van der Waals surface area (Å²) in [5.41, 5.74) is 0.723. The number of sulfonamides is 1. The molecule has 11 heteroatoms. The van der Waals surface area contributed by atoms with E-state index in [0.717, 1.165) is 6.07 Å². The summed E-state index contributed by atoms with van der Waals surface area (Å²) in [5.74, 6) is -0.438. The van der Waals surface area contributed by atoms with E-state index in [4.69, 9.17) is 0 Å². The van der Waals surface area contributed by atoms with Crippen LogP contribution in [0.15, 0.2) is 64.9 Å². The Bertz CT molecular complexity index is 1250. The van der Waals surface area contributed by atoms with E-state index in [1.807, 2.05) is 0 Å². The zero-order valence-electron chi connectivity index (χ0n) is 16.9. The number of rotatable bonds is 9. The molecule has 0 aliphatic heterocycles. The summed E-state index contributed by atoms with van der Waals surface area (Å²) in [6.45, 7) is 1.52. The number of thiophene rings is 1. The molecule has 1 amide bonds. The van der Waals surface area contributed by atoms with Crippen LogP contribution in [0.5, 0.6) is 0 Å². The van der Waals surface area contributed by atoms with Crippen molar-refractivity contribution in [2.45, 2.75) is 24.7 Å². The number of Topliss-reactive ketones (excluding diaryl/α,β-unsaturated/α-hetero) is 1. The smallest absolute Gasteiger partial charge is 0.273 e. The van der Waals surface area contributed by atoms with Crippen LogP contribution in [0.2, 0.25) is 0 Å². The molecule has 0 spiro atoms. The van der Waals surface area contributed by atoms with Gasteiger partial charge in [-0.1, -0.05) is 12.1 Å². The maximum Gasteiger partial charge on any atom is 0.273 e. The number of carbonyl (C=O) groups excluding carboxylic acids is 2. The maximum atomic E-state index is 12.6. The number of nitrogens with zero attached hydrogens (tertiary/aromatic N) is 1. The number of anilines is 2. The first kappa shape index (κ1) is 23.1. The van der Waals surface area contributed by atoms with Crippen LogP contribution in [0.1, 0.15) is 28.1 Å². The third-order valence-corrected chi connectivity index (χ3v) is 6.77. The average Bonchev–Trinajstić information content (AvgIpc) is 3.28. The van der Waals surface area contributed by atoms with Gasteiger partial charge in [0.1, 0.15) is 0 Å². The summed E-state index contributed by atoms with van der Waals surface area (Å²) in [5, 5.41) is 15.5. The molecule has 0 aliphatic rings. The molecule has 0 fully saturated rings. The summed E-state index contributed by atoms with van der Waals surface area (Å²) in [4.78, 5) is 34.8. The Morgan fingerprint density at radius 2 is 1.72 bits per heavy atom. The molecular weight excluding hydrogens is 454 g/mol. The van der Waals surface area contributed by atoms with Crippen LogP contribution in [0.3, 0.4) is 0 Å². The fourth-order valence-corrected chi connectivity index (χ4v) is 4.57. The van der Waals surface area contributed by atoms with Crippen molar-refractivity contribution in [1.82, 2.24) is 0 Å². The molecule has 0 bridgehead atoms. The van der Waals surface area contributed by atoms with E-state index >= 15 is 0 Å². The molecule has 166 valence electrons. The highest BCUT2D eigenvalue weighted by atomic mass is 32.2. The van der Waals surface area contributed by atoms with E-state index in [1.54, 1.807) is 17.5 Å². The number of benzene rings is 2. The fraction of sp³-hybridized carbons (Fsp3) is 0.143. The molecule has 2 aromatic carbocycles. The lowest BCUT2D eigenvalue weighted by Gasteiger charge is -2.10. The van der Waals surface area contributed by atoms with Crippen LogP contribution in [0.4, 0.5) is 17.1 Å². The Hall–Kier alpha value is -3.57. The number of nitrogens with one attached hydrogen (secondary N) is 2. The topological polar surface area (TPSA) is 135 Å². The van der Waals surface area contributed by atoms with E-state index in [9.17, 15) is 28.1 Å². The van der Waals surface area contributed by atoms with Crippen molar-refractivity contribution in [3.63, 3.8) is 0 Å². The molecule has 1 heterocycles. The van der Waals surface area contributed by atoms with Gasteiger partial charge in [-0.05, 0) is 48.7 Å². The van der Waals surface area contributed by atoms with E-state index in [1.165, 1.54) is 54.7 Å². The molecule has 0 radical (unpaired) electrons. The third kappa shape index (κ3) is 5.77. The first-order valence-electron chi connectivity index (χ1n) is 9.40.